The van der Waals surface area contributed by atoms with Gasteiger partial charge in [0, 0.05) is 31.9 Å². The summed E-state index contributed by atoms with van der Waals surface area (Å²) in [6.07, 6.45) is 2.80. The molecule has 1 aromatic rings. The van der Waals surface area contributed by atoms with E-state index >= 15 is 0 Å². The Morgan fingerprint density at radius 2 is 2.25 bits per heavy atom. The standard InChI is InChI=1S/C9H18N4O2S/c1-3-9-8(7-13(2)12-9)6-11-4-5-16(10,14)15/h7,11H,3-6H2,1-2H3,(H2,10,14,15). The van der Waals surface area contributed by atoms with E-state index in [4.69, 9.17) is 5.14 Å². The number of hydrogen-bond donors (Lipinski definition) is 2. The van der Waals surface area contributed by atoms with Crippen LogP contribution in [0.4, 0.5) is 0 Å². The molecule has 0 atom stereocenters. The molecule has 0 aliphatic carbocycles. The fourth-order valence-corrected chi connectivity index (χ4v) is 1.90. The van der Waals surface area contributed by atoms with Crippen LogP contribution in [0.5, 0.6) is 0 Å². The Balaban J connectivity index is 2.42. The molecule has 1 rings (SSSR count). The number of nitrogens with zero attached hydrogens (tertiary/aromatic N) is 2. The zero-order valence-corrected chi connectivity index (χ0v) is 10.4. The second kappa shape index (κ2) is 5.42. The second-order valence-corrected chi connectivity index (χ2v) is 5.41. The van der Waals surface area contributed by atoms with Crippen molar-refractivity contribution in [3.05, 3.63) is 17.5 Å². The summed E-state index contributed by atoms with van der Waals surface area (Å²) >= 11 is 0. The first-order chi connectivity index (χ1) is 7.42. The Morgan fingerprint density at radius 3 is 2.81 bits per heavy atom. The molecule has 92 valence electrons. The Kier molecular flexibility index (Phi) is 4.45. The van der Waals surface area contributed by atoms with Gasteiger partial charge in [0.05, 0.1) is 11.4 Å². The normalized spacial score (nSPS) is 11.9. The minimum atomic E-state index is -3.37. The maximum absolute atomic E-state index is 10.7. The summed E-state index contributed by atoms with van der Waals surface area (Å²) in [6.45, 7) is 3.01. The Morgan fingerprint density at radius 1 is 1.56 bits per heavy atom. The lowest BCUT2D eigenvalue weighted by molar-refractivity contribution is 0.592. The van der Waals surface area contributed by atoms with Crippen molar-refractivity contribution in [1.29, 1.82) is 0 Å². The molecule has 1 aromatic heterocycles. The van der Waals surface area contributed by atoms with E-state index in [9.17, 15) is 8.42 Å². The Hall–Kier alpha value is -0.920. The van der Waals surface area contributed by atoms with Gasteiger partial charge in [-0.05, 0) is 6.42 Å². The van der Waals surface area contributed by atoms with Gasteiger partial charge in [0.1, 0.15) is 0 Å². The quantitative estimate of drug-likeness (QED) is 0.653. The molecule has 0 aliphatic heterocycles. The zero-order chi connectivity index (χ0) is 12.2. The van der Waals surface area contributed by atoms with E-state index < -0.39 is 10.0 Å². The van der Waals surface area contributed by atoms with Crippen LogP contribution in [-0.2, 0) is 30.0 Å². The molecule has 16 heavy (non-hydrogen) atoms. The highest BCUT2D eigenvalue weighted by Gasteiger charge is 2.06. The van der Waals surface area contributed by atoms with Crippen LogP contribution in [0.3, 0.4) is 0 Å². The van der Waals surface area contributed by atoms with Gasteiger partial charge in [-0.1, -0.05) is 6.92 Å². The molecular weight excluding hydrogens is 228 g/mol. The van der Waals surface area contributed by atoms with Gasteiger partial charge in [-0.25, -0.2) is 13.6 Å². The molecule has 0 saturated carbocycles. The van der Waals surface area contributed by atoms with E-state index in [0.717, 1.165) is 17.7 Å². The van der Waals surface area contributed by atoms with Gasteiger partial charge in [0.25, 0.3) is 0 Å². The number of hydrogen-bond acceptors (Lipinski definition) is 4. The predicted molar refractivity (Wildman–Crippen MR) is 62.3 cm³/mol. The molecule has 0 saturated heterocycles. The van der Waals surface area contributed by atoms with Gasteiger partial charge < -0.3 is 5.32 Å². The minimum Gasteiger partial charge on any atom is -0.311 e. The van der Waals surface area contributed by atoms with E-state index in [2.05, 4.69) is 10.4 Å². The summed E-state index contributed by atoms with van der Waals surface area (Å²) < 4.78 is 23.1. The third-order valence-corrected chi connectivity index (χ3v) is 2.98. The van der Waals surface area contributed by atoms with Gasteiger partial charge in [-0.3, -0.25) is 4.68 Å². The zero-order valence-electron chi connectivity index (χ0n) is 9.60. The highest BCUT2D eigenvalue weighted by Crippen LogP contribution is 2.06. The van der Waals surface area contributed by atoms with E-state index in [0.29, 0.717) is 13.1 Å². The highest BCUT2D eigenvalue weighted by molar-refractivity contribution is 7.89. The van der Waals surface area contributed by atoms with Crippen molar-refractivity contribution in [2.75, 3.05) is 12.3 Å². The summed E-state index contributed by atoms with van der Waals surface area (Å²) in [5.41, 5.74) is 2.13. The molecular formula is C9H18N4O2S. The van der Waals surface area contributed by atoms with Crippen molar-refractivity contribution in [3.8, 4) is 0 Å². The smallest absolute Gasteiger partial charge is 0.210 e. The van der Waals surface area contributed by atoms with E-state index in [1.807, 2.05) is 20.2 Å². The largest absolute Gasteiger partial charge is 0.311 e. The molecule has 1 heterocycles. The molecule has 0 aliphatic rings. The topological polar surface area (TPSA) is 90.0 Å². The van der Waals surface area contributed by atoms with Crippen LogP contribution in [0, 0.1) is 0 Å². The molecule has 7 heteroatoms. The summed E-state index contributed by atoms with van der Waals surface area (Å²) in [6, 6.07) is 0. The summed E-state index contributed by atoms with van der Waals surface area (Å²) in [4.78, 5) is 0. The molecule has 0 fully saturated rings. The number of rotatable bonds is 6. The Labute approximate surface area is 95.9 Å². The summed E-state index contributed by atoms with van der Waals surface area (Å²) in [5.74, 6) is -0.0469. The molecule has 3 N–H and O–H groups in total. The lowest BCUT2D eigenvalue weighted by atomic mass is 10.2. The van der Waals surface area contributed by atoms with Gasteiger partial charge in [0.15, 0.2) is 0 Å². The van der Waals surface area contributed by atoms with Crippen LogP contribution in [0.15, 0.2) is 6.20 Å². The first kappa shape index (κ1) is 13.1. The first-order valence-electron chi connectivity index (χ1n) is 5.15. The fraction of sp³-hybridized carbons (Fsp3) is 0.667. The van der Waals surface area contributed by atoms with Crippen LogP contribution in [-0.4, -0.2) is 30.5 Å². The molecule has 6 nitrogen and oxygen atoms in total. The fourth-order valence-electron chi connectivity index (χ4n) is 1.47. The van der Waals surface area contributed by atoms with E-state index in [1.165, 1.54) is 0 Å². The van der Waals surface area contributed by atoms with Gasteiger partial charge in [-0.15, -0.1) is 0 Å². The Bertz CT molecular complexity index is 438. The molecule has 0 radical (unpaired) electrons. The van der Waals surface area contributed by atoms with Gasteiger partial charge in [0.2, 0.25) is 10.0 Å². The van der Waals surface area contributed by atoms with E-state index in [-0.39, 0.29) is 5.75 Å². The predicted octanol–water partition coefficient (Wildman–Crippen LogP) is -0.639. The van der Waals surface area contributed by atoms with E-state index in [1.54, 1.807) is 4.68 Å². The number of primary sulfonamides is 1. The molecule has 0 spiro atoms. The van der Waals surface area contributed by atoms with Crippen molar-refractivity contribution < 1.29 is 8.42 Å². The number of aromatic nitrogens is 2. The average molecular weight is 246 g/mol. The molecule has 0 amide bonds. The lowest BCUT2D eigenvalue weighted by Crippen LogP contribution is -2.26. The summed E-state index contributed by atoms with van der Waals surface area (Å²) in [5, 5.41) is 12.2. The average Bonchev–Trinajstić information content (AvgIpc) is 2.52. The molecule has 0 unspecified atom stereocenters. The van der Waals surface area contributed by atoms with Crippen LogP contribution >= 0.6 is 0 Å². The third kappa shape index (κ3) is 4.30. The maximum atomic E-state index is 10.7. The van der Waals surface area contributed by atoms with Crippen LogP contribution < -0.4 is 10.5 Å². The molecule has 0 aromatic carbocycles. The van der Waals surface area contributed by atoms with Crippen molar-refractivity contribution >= 4 is 10.0 Å². The first-order valence-corrected chi connectivity index (χ1v) is 6.86. The van der Waals surface area contributed by atoms with Crippen LogP contribution in [0.2, 0.25) is 0 Å². The minimum absolute atomic E-state index is 0.0469. The lowest BCUT2D eigenvalue weighted by Gasteiger charge is -2.02. The van der Waals surface area contributed by atoms with Crippen molar-refractivity contribution in [2.24, 2.45) is 12.2 Å². The number of nitrogens with two attached hydrogens (primary N) is 1. The number of aryl methyl sites for hydroxylation is 2. The maximum Gasteiger partial charge on any atom is 0.210 e. The van der Waals surface area contributed by atoms with Crippen LogP contribution in [0.1, 0.15) is 18.2 Å². The monoisotopic (exact) mass is 246 g/mol. The number of sulfonamides is 1. The third-order valence-electron chi connectivity index (χ3n) is 2.21. The van der Waals surface area contributed by atoms with Crippen molar-refractivity contribution in [1.82, 2.24) is 15.1 Å². The SMILES string of the molecule is CCc1nn(C)cc1CNCCS(N)(=O)=O. The molecule has 0 bridgehead atoms. The van der Waals surface area contributed by atoms with Crippen LogP contribution in [0.25, 0.3) is 0 Å². The van der Waals surface area contributed by atoms with Gasteiger partial charge in [-0.2, -0.15) is 5.10 Å². The van der Waals surface area contributed by atoms with Crippen molar-refractivity contribution in [2.45, 2.75) is 19.9 Å². The number of nitrogens with one attached hydrogen (secondary N) is 1. The van der Waals surface area contributed by atoms with Crippen molar-refractivity contribution in [3.63, 3.8) is 0 Å². The second-order valence-electron chi connectivity index (χ2n) is 3.67. The summed E-state index contributed by atoms with van der Waals surface area (Å²) in [7, 11) is -1.50. The highest BCUT2D eigenvalue weighted by atomic mass is 32.2. The van der Waals surface area contributed by atoms with Gasteiger partial charge >= 0.3 is 0 Å².